The van der Waals surface area contributed by atoms with Gasteiger partial charge in [0, 0.05) is 18.3 Å². The average molecular weight is 286 g/mol. The van der Waals surface area contributed by atoms with Crippen LogP contribution in [0.1, 0.15) is 51.9 Å². The minimum atomic E-state index is 0.0679. The summed E-state index contributed by atoms with van der Waals surface area (Å²) in [6.07, 6.45) is 9.08. The van der Waals surface area contributed by atoms with Gasteiger partial charge >= 0.3 is 6.03 Å². The number of likely N-dealkylation sites (tertiary alicyclic amines) is 1. The van der Waals surface area contributed by atoms with E-state index in [2.05, 4.69) is 17.1 Å². The maximum Gasteiger partial charge on any atom is 0.322 e. The van der Waals surface area contributed by atoms with Crippen molar-refractivity contribution in [1.29, 1.82) is 0 Å². The molecule has 1 N–H and O–H groups in total. The van der Waals surface area contributed by atoms with Crippen LogP contribution >= 0.6 is 0 Å². The fraction of sp³-hybridized carbons (Fsp3) is 0.611. The molecule has 1 aromatic carbocycles. The Hall–Kier alpha value is -1.51. The number of rotatable bonds is 1. The van der Waals surface area contributed by atoms with Gasteiger partial charge in [0.2, 0.25) is 0 Å². The molecule has 0 unspecified atom stereocenters. The van der Waals surface area contributed by atoms with Crippen molar-refractivity contribution < 1.29 is 4.79 Å². The number of para-hydroxylation sites is 1. The van der Waals surface area contributed by atoms with Crippen LogP contribution in [0.2, 0.25) is 0 Å². The molecule has 2 fully saturated rings. The molecule has 3 rings (SSSR count). The molecule has 1 aliphatic carbocycles. The zero-order valence-corrected chi connectivity index (χ0v) is 13.0. The Balaban J connectivity index is 1.68. The quantitative estimate of drug-likeness (QED) is 0.800. The SMILES string of the molecule is C[C@@H]1CCC2(CCCCC2)CN1C(=O)Nc1ccccc1. The van der Waals surface area contributed by atoms with Gasteiger partial charge in [-0.05, 0) is 50.2 Å². The zero-order valence-electron chi connectivity index (χ0n) is 13.0. The average Bonchev–Trinajstić information content (AvgIpc) is 2.52. The predicted molar refractivity (Wildman–Crippen MR) is 86.4 cm³/mol. The van der Waals surface area contributed by atoms with Crippen molar-refractivity contribution in [2.75, 3.05) is 11.9 Å². The molecular weight excluding hydrogens is 260 g/mol. The third kappa shape index (κ3) is 3.22. The third-order valence-electron chi connectivity index (χ3n) is 5.33. The summed E-state index contributed by atoms with van der Waals surface area (Å²) in [5.41, 5.74) is 1.29. The molecule has 1 saturated carbocycles. The molecule has 21 heavy (non-hydrogen) atoms. The summed E-state index contributed by atoms with van der Waals surface area (Å²) in [5, 5.41) is 3.05. The highest BCUT2D eigenvalue weighted by Crippen LogP contribution is 2.44. The maximum atomic E-state index is 12.6. The predicted octanol–water partition coefficient (Wildman–Crippen LogP) is 4.65. The van der Waals surface area contributed by atoms with E-state index in [0.29, 0.717) is 11.5 Å². The minimum absolute atomic E-state index is 0.0679. The van der Waals surface area contributed by atoms with E-state index >= 15 is 0 Å². The highest BCUT2D eigenvalue weighted by Gasteiger charge is 2.40. The van der Waals surface area contributed by atoms with Crippen molar-refractivity contribution in [3.63, 3.8) is 0 Å². The van der Waals surface area contributed by atoms with Crippen molar-refractivity contribution >= 4 is 11.7 Å². The summed E-state index contributed by atoms with van der Waals surface area (Å²) in [4.78, 5) is 14.7. The number of nitrogens with zero attached hydrogens (tertiary/aromatic N) is 1. The van der Waals surface area contributed by atoms with Crippen LogP contribution in [-0.4, -0.2) is 23.5 Å². The van der Waals surface area contributed by atoms with Crippen LogP contribution in [0.15, 0.2) is 30.3 Å². The van der Waals surface area contributed by atoms with Crippen molar-refractivity contribution in [2.24, 2.45) is 5.41 Å². The van der Waals surface area contributed by atoms with Crippen LogP contribution in [0, 0.1) is 5.41 Å². The number of hydrogen-bond acceptors (Lipinski definition) is 1. The Kier molecular flexibility index (Phi) is 4.18. The molecule has 1 saturated heterocycles. The van der Waals surface area contributed by atoms with Crippen LogP contribution in [0.3, 0.4) is 0 Å². The summed E-state index contributed by atoms with van der Waals surface area (Å²) < 4.78 is 0. The van der Waals surface area contributed by atoms with Crippen LogP contribution in [0.25, 0.3) is 0 Å². The van der Waals surface area contributed by atoms with E-state index in [-0.39, 0.29) is 6.03 Å². The molecule has 0 bridgehead atoms. The Bertz CT molecular complexity index is 479. The largest absolute Gasteiger partial charge is 0.322 e. The van der Waals surface area contributed by atoms with Gasteiger partial charge in [0.1, 0.15) is 0 Å². The molecule has 0 aromatic heterocycles. The number of carbonyl (C=O) groups is 1. The van der Waals surface area contributed by atoms with Crippen molar-refractivity contribution in [3.8, 4) is 0 Å². The smallest absolute Gasteiger partial charge is 0.321 e. The molecule has 1 atom stereocenters. The normalized spacial score (nSPS) is 24.8. The van der Waals surface area contributed by atoms with E-state index in [1.807, 2.05) is 30.3 Å². The summed E-state index contributed by atoms with van der Waals surface area (Å²) in [6.45, 7) is 3.12. The number of piperidine rings is 1. The van der Waals surface area contributed by atoms with Gasteiger partial charge < -0.3 is 10.2 Å². The number of urea groups is 1. The molecule has 2 amide bonds. The molecule has 1 aromatic rings. The Morgan fingerprint density at radius 3 is 2.57 bits per heavy atom. The van der Waals surface area contributed by atoms with E-state index in [4.69, 9.17) is 0 Å². The lowest BCUT2D eigenvalue weighted by molar-refractivity contribution is 0.0479. The number of amides is 2. The molecule has 0 radical (unpaired) electrons. The van der Waals surface area contributed by atoms with E-state index in [0.717, 1.165) is 18.7 Å². The first kappa shape index (κ1) is 14.4. The summed E-state index contributed by atoms with van der Waals surface area (Å²) in [5.74, 6) is 0. The molecule has 114 valence electrons. The van der Waals surface area contributed by atoms with Gasteiger partial charge in [0.15, 0.2) is 0 Å². The lowest BCUT2D eigenvalue weighted by atomic mass is 9.68. The number of benzene rings is 1. The second kappa shape index (κ2) is 6.08. The number of nitrogens with one attached hydrogen (secondary N) is 1. The monoisotopic (exact) mass is 286 g/mol. The Labute approximate surface area is 127 Å². The van der Waals surface area contributed by atoms with Gasteiger partial charge in [0.25, 0.3) is 0 Å². The van der Waals surface area contributed by atoms with Crippen LogP contribution in [-0.2, 0) is 0 Å². The van der Waals surface area contributed by atoms with Gasteiger partial charge in [-0.15, -0.1) is 0 Å². The summed E-state index contributed by atoms with van der Waals surface area (Å²) in [6, 6.07) is 10.2. The van der Waals surface area contributed by atoms with Crippen LogP contribution < -0.4 is 5.32 Å². The molecule has 1 spiro atoms. The number of hydrogen-bond donors (Lipinski definition) is 1. The summed E-state index contributed by atoms with van der Waals surface area (Å²) >= 11 is 0. The van der Waals surface area contributed by atoms with Crippen LogP contribution in [0.4, 0.5) is 10.5 Å². The van der Waals surface area contributed by atoms with E-state index in [1.54, 1.807) is 0 Å². The Morgan fingerprint density at radius 1 is 1.14 bits per heavy atom. The standard InChI is InChI=1S/C18H26N2O/c1-15-10-13-18(11-6-3-7-12-18)14-20(15)17(21)19-16-8-4-2-5-9-16/h2,4-5,8-9,15H,3,6-7,10-14H2,1H3,(H,19,21)/t15-/m1/s1. The lowest BCUT2D eigenvalue weighted by Gasteiger charge is -2.48. The fourth-order valence-electron chi connectivity index (χ4n) is 3.97. The van der Waals surface area contributed by atoms with Gasteiger partial charge in [-0.1, -0.05) is 37.5 Å². The second-order valence-electron chi connectivity index (χ2n) is 6.87. The first-order valence-corrected chi connectivity index (χ1v) is 8.31. The molecule has 3 nitrogen and oxygen atoms in total. The zero-order chi connectivity index (χ0) is 14.7. The first-order valence-electron chi connectivity index (χ1n) is 8.31. The van der Waals surface area contributed by atoms with Crippen LogP contribution in [0.5, 0.6) is 0 Å². The third-order valence-corrected chi connectivity index (χ3v) is 5.33. The highest BCUT2D eigenvalue weighted by atomic mass is 16.2. The molecule has 1 aliphatic heterocycles. The fourth-order valence-corrected chi connectivity index (χ4v) is 3.97. The number of carbonyl (C=O) groups excluding carboxylic acids is 1. The van der Waals surface area contributed by atoms with Gasteiger partial charge in [-0.2, -0.15) is 0 Å². The second-order valence-corrected chi connectivity index (χ2v) is 6.87. The molecule has 3 heteroatoms. The van der Waals surface area contributed by atoms with E-state index in [1.165, 1.54) is 38.5 Å². The maximum absolute atomic E-state index is 12.6. The molecule has 1 heterocycles. The molecular formula is C18H26N2O. The van der Waals surface area contributed by atoms with Gasteiger partial charge in [-0.25, -0.2) is 4.79 Å². The summed E-state index contributed by atoms with van der Waals surface area (Å²) in [7, 11) is 0. The Morgan fingerprint density at radius 2 is 1.86 bits per heavy atom. The number of anilines is 1. The van der Waals surface area contributed by atoms with E-state index in [9.17, 15) is 4.79 Å². The highest BCUT2D eigenvalue weighted by molar-refractivity contribution is 5.89. The lowest BCUT2D eigenvalue weighted by Crippen LogP contribution is -2.52. The molecule has 2 aliphatic rings. The van der Waals surface area contributed by atoms with E-state index < -0.39 is 0 Å². The first-order chi connectivity index (χ1) is 10.2. The minimum Gasteiger partial charge on any atom is -0.321 e. The van der Waals surface area contributed by atoms with Crippen molar-refractivity contribution in [3.05, 3.63) is 30.3 Å². The van der Waals surface area contributed by atoms with Gasteiger partial charge in [0.05, 0.1) is 0 Å². The van der Waals surface area contributed by atoms with Gasteiger partial charge in [-0.3, -0.25) is 0 Å². The van der Waals surface area contributed by atoms with Crippen molar-refractivity contribution in [2.45, 2.75) is 57.9 Å². The van der Waals surface area contributed by atoms with Crippen molar-refractivity contribution in [1.82, 2.24) is 4.90 Å². The topological polar surface area (TPSA) is 32.3 Å².